The summed E-state index contributed by atoms with van der Waals surface area (Å²) < 4.78 is 6.96. The van der Waals surface area contributed by atoms with Crippen LogP contribution in [0.15, 0.2) is 90.4 Å². The highest BCUT2D eigenvalue weighted by Crippen LogP contribution is 2.36. The number of benzene rings is 2. The topological polar surface area (TPSA) is 94.0 Å². The Morgan fingerprint density at radius 1 is 1.03 bits per heavy atom. The predicted molar refractivity (Wildman–Crippen MR) is 126 cm³/mol. The highest BCUT2D eigenvalue weighted by molar-refractivity contribution is 6.06. The van der Waals surface area contributed by atoms with Gasteiger partial charge in [-0.2, -0.15) is 4.98 Å². The summed E-state index contributed by atoms with van der Waals surface area (Å²) in [6.07, 6.45) is 3.42. The van der Waals surface area contributed by atoms with Gasteiger partial charge in [-0.3, -0.25) is 9.78 Å². The van der Waals surface area contributed by atoms with Crippen LogP contribution < -0.4 is 15.4 Å². The van der Waals surface area contributed by atoms with E-state index in [1.807, 2.05) is 49.4 Å². The normalized spacial score (nSPS) is 14.9. The number of nitrogens with zero attached hydrogens (tertiary/aromatic N) is 4. The third-order valence-electron chi connectivity index (χ3n) is 5.50. The van der Waals surface area contributed by atoms with Gasteiger partial charge in [-0.15, -0.1) is 5.10 Å². The lowest BCUT2D eigenvalue weighted by molar-refractivity contribution is -0.113. The molecular formula is C25H22N6O2. The fraction of sp³-hybridized carbons (Fsp3) is 0.120. The number of methoxy groups -OCH3 is 1. The molecule has 0 saturated carbocycles. The van der Waals surface area contributed by atoms with Crippen molar-refractivity contribution in [3.05, 3.63) is 96.0 Å². The number of carbonyl (C=O) groups is 1. The van der Waals surface area contributed by atoms with Crippen LogP contribution in [-0.2, 0) is 4.79 Å². The van der Waals surface area contributed by atoms with E-state index in [-0.39, 0.29) is 5.91 Å². The molecule has 1 amide bonds. The summed E-state index contributed by atoms with van der Waals surface area (Å²) in [4.78, 5) is 22.3. The van der Waals surface area contributed by atoms with Gasteiger partial charge in [0.05, 0.1) is 12.7 Å². The summed E-state index contributed by atoms with van der Waals surface area (Å²) in [5, 5.41) is 11.0. The first-order chi connectivity index (χ1) is 16.1. The maximum atomic E-state index is 13.5. The van der Waals surface area contributed by atoms with Crippen LogP contribution in [0.3, 0.4) is 0 Å². The van der Waals surface area contributed by atoms with Crippen LogP contribution in [0, 0.1) is 0 Å². The monoisotopic (exact) mass is 438 g/mol. The summed E-state index contributed by atoms with van der Waals surface area (Å²) in [6.45, 7) is 1.87. The maximum Gasteiger partial charge on any atom is 0.255 e. The van der Waals surface area contributed by atoms with Crippen molar-refractivity contribution in [2.75, 3.05) is 17.7 Å². The van der Waals surface area contributed by atoms with Gasteiger partial charge in [-0.1, -0.05) is 30.3 Å². The lowest BCUT2D eigenvalue weighted by Gasteiger charge is -2.28. The van der Waals surface area contributed by atoms with Crippen molar-refractivity contribution < 1.29 is 9.53 Å². The molecule has 1 aliphatic heterocycles. The molecule has 0 radical (unpaired) electrons. The summed E-state index contributed by atoms with van der Waals surface area (Å²) in [6, 6.07) is 20.3. The Labute approximate surface area is 191 Å². The van der Waals surface area contributed by atoms with E-state index >= 15 is 0 Å². The number of amides is 1. The second-order valence-electron chi connectivity index (χ2n) is 7.60. The van der Waals surface area contributed by atoms with Gasteiger partial charge in [0.15, 0.2) is 5.82 Å². The minimum absolute atomic E-state index is 0.227. The molecular weight excluding hydrogens is 416 g/mol. The van der Waals surface area contributed by atoms with Gasteiger partial charge in [0.2, 0.25) is 5.95 Å². The molecule has 1 aliphatic rings. The SMILES string of the molecule is COc1ccc(NC(=O)C2=C(C)Nc3nc(-c4ccccc4)nn3[C@@H]2c2ccncc2)cc1. The lowest BCUT2D eigenvalue weighted by Crippen LogP contribution is -2.31. The molecule has 8 heteroatoms. The third-order valence-corrected chi connectivity index (χ3v) is 5.50. The standard InChI is InChI=1S/C25H22N6O2/c1-16-21(24(32)28-19-8-10-20(33-2)11-9-19)22(17-12-14-26-15-13-17)31-25(27-16)29-23(30-31)18-6-4-3-5-7-18/h3-15,22H,1-2H3,(H,28,32)(H,27,29,30)/t22-/m1/s1. The quantitative estimate of drug-likeness (QED) is 0.483. The van der Waals surface area contributed by atoms with E-state index in [1.165, 1.54) is 0 Å². The first-order valence-electron chi connectivity index (χ1n) is 10.5. The molecule has 1 atom stereocenters. The van der Waals surface area contributed by atoms with Crippen molar-refractivity contribution in [3.8, 4) is 17.1 Å². The Kier molecular flexibility index (Phi) is 5.32. The van der Waals surface area contributed by atoms with E-state index in [0.29, 0.717) is 28.7 Å². The first kappa shape index (κ1) is 20.4. The van der Waals surface area contributed by atoms with Gasteiger partial charge in [0.25, 0.3) is 5.91 Å². The third kappa shape index (κ3) is 3.94. The van der Waals surface area contributed by atoms with Crippen LogP contribution in [-0.4, -0.2) is 32.8 Å². The van der Waals surface area contributed by atoms with E-state index in [4.69, 9.17) is 9.84 Å². The van der Waals surface area contributed by atoms with E-state index in [0.717, 1.165) is 16.9 Å². The largest absolute Gasteiger partial charge is 0.497 e. The van der Waals surface area contributed by atoms with Crippen molar-refractivity contribution in [1.29, 1.82) is 0 Å². The number of ether oxygens (including phenoxy) is 1. The van der Waals surface area contributed by atoms with Gasteiger partial charge in [0, 0.05) is 29.3 Å². The molecule has 2 aromatic carbocycles. The van der Waals surface area contributed by atoms with E-state index < -0.39 is 6.04 Å². The maximum absolute atomic E-state index is 13.5. The van der Waals surface area contributed by atoms with Gasteiger partial charge >= 0.3 is 0 Å². The number of hydrogen-bond acceptors (Lipinski definition) is 6. The van der Waals surface area contributed by atoms with Crippen LogP contribution >= 0.6 is 0 Å². The average molecular weight is 438 g/mol. The number of rotatable bonds is 5. The molecule has 0 spiro atoms. The molecule has 0 unspecified atom stereocenters. The number of hydrogen-bond donors (Lipinski definition) is 2. The molecule has 3 heterocycles. The summed E-state index contributed by atoms with van der Waals surface area (Å²) in [5.41, 5.74) is 3.72. The van der Waals surface area contributed by atoms with Crippen molar-refractivity contribution >= 4 is 17.5 Å². The number of carbonyl (C=O) groups excluding carboxylic acids is 1. The zero-order valence-corrected chi connectivity index (χ0v) is 18.2. The second-order valence-corrected chi connectivity index (χ2v) is 7.60. The Morgan fingerprint density at radius 2 is 1.76 bits per heavy atom. The molecule has 5 rings (SSSR count). The zero-order valence-electron chi connectivity index (χ0n) is 18.2. The molecule has 8 nitrogen and oxygen atoms in total. The Hall–Kier alpha value is -4.46. The Bertz CT molecular complexity index is 1310. The minimum Gasteiger partial charge on any atom is -0.497 e. The number of fused-ring (bicyclic) bond motifs is 1. The fourth-order valence-electron chi connectivity index (χ4n) is 3.88. The summed E-state index contributed by atoms with van der Waals surface area (Å²) >= 11 is 0. The van der Waals surface area contributed by atoms with E-state index in [9.17, 15) is 4.79 Å². The smallest absolute Gasteiger partial charge is 0.255 e. The molecule has 0 aliphatic carbocycles. The summed E-state index contributed by atoms with van der Waals surface area (Å²) in [5.74, 6) is 1.66. The highest BCUT2D eigenvalue weighted by Gasteiger charge is 2.34. The van der Waals surface area contributed by atoms with Crippen molar-refractivity contribution in [1.82, 2.24) is 19.7 Å². The number of aromatic nitrogens is 4. The molecule has 33 heavy (non-hydrogen) atoms. The Morgan fingerprint density at radius 3 is 2.45 bits per heavy atom. The van der Waals surface area contributed by atoms with Crippen LogP contribution in [0.25, 0.3) is 11.4 Å². The van der Waals surface area contributed by atoms with Crippen LogP contribution in [0.2, 0.25) is 0 Å². The lowest BCUT2D eigenvalue weighted by atomic mass is 9.96. The number of anilines is 2. The molecule has 2 N–H and O–H groups in total. The highest BCUT2D eigenvalue weighted by atomic mass is 16.5. The Balaban J connectivity index is 1.55. The van der Waals surface area contributed by atoms with Crippen LogP contribution in [0.5, 0.6) is 5.75 Å². The van der Waals surface area contributed by atoms with Crippen molar-refractivity contribution in [2.45, 2.75) is 13.0 Å². The average Bonchev–Trinajstić information content (AvgIpc) is 3.28. The first-order valence-corrected chi connectivity index (χ1v) is 10.5. The van der Waals surface area contributed by atoms with Gasteiger partial charge in [-0.05, 0) is 48.9 Å². The predicted octanol–water partition coefficient (Wildman–Crippen LogP) is 4.28. The molecule has 0 bridgehead atoms. The molecule has 164 valence electrons. The molecule has 4 aromatic rings. The number of pyridine rings is 1. The molecule has 0 fully saturated rings. The second kappa shape index (κ2) is 8.58. The van der Waals surface area contributed by atoms with Gasteiger partial charge in [0.1, 0.15) is 11.8 Å². The minimum atomic E-state index is -0.465. The van der Waals surface area contributed by atoms with Crippen molar-refractivity contribution in [3.63, 3.8) is 0 Å². The van der Waals surface area contributed by atoms with Crippen molar-refractivity contribution in [2.24, 2.45) is 0 Å². The van der Waals surface area contributed by atoms with E-state index in [2.05, 4.69) is 20.6 Å². The van der Waals surface area contributed by atoms with E-state index in [1.54, 1.807) is 48.5 Å². The van der Waals surface area contributed by atoms with Gasteiger partial charge < -0.3 is 15.4 Å². The van der Waals surface area contributed by atoms with Gasteiger partial charge in [-0.25, -0.2) is 4.68 Å². The summed E-state index contributed by atoms with van der Waals surface area (Å²) in [7, 11) is 1.61. The number of allylic oxidation sites excluding steroid dienone is 1. The zero-order chi connectivity index (χ0) is 22.8. The fourth-order valence-corrected chi connectivity index (χ4v) is 3.88. The van der Waals surface area contributed by atoms with Crippen LogP contribution in [0.1, 0.15) is 18.5 Å². The molecule has 2 aromatic heterocycles. The molecule has 0 saturated heterocycles. The number of nitrogens with one attached hydrogen (secondary N) is 2. The van der Waals surface area contributed by atoms with Crippen LogP contribution in [0.4, 0.5) is 11.6 Å².